The van der Waals surface area contributed by atoms with Gasteiger partial charge in [-0.2, -0.15) is 5.10 Å². The van der Waals surface area contributed by atoms with Crippen molar-refractivity contribution in [3.63, 3.8) is 0 Å². The third-order valence-corrected chi connectivity index (χ3v) is 3.73. The summed E-state index contributed by atoms with van der Waals surface area (Å²) in [4.78, 5) is 6.85. The van der Waals surface area contributed by atoms with E-state index in [9.17, 15) is 0 Å². The van der Waals surface area contributed by atoms with Gasteiger partial charge in [0.2, 0.25) is 5.82 Å². The molecule has 0 fully saturated rings. The van der Waals surface area contributed by atoms with E-state index >= 15 is 0 Å². The Morgan fingerprint density at radius 1 is 1.27 bits per heavy atom. The van der Waals surface area contributed by atoms with Crippen molar-refractivity contribution in [1.29, 1.82) is 0 Å². The molecule has 0 atom stereocenters. The van der Waals surface area contributed by atoms with Crippen LogP contribution in [0, 0.1) is 6.92 Å². The summed E-state index contributed by atoms with van der Waals surface area (Å²) in [5.41, 5.74) is 2.26. The summed E-state index contributed by atoms with van der Waals surface area (Å²) in [5.74, 6) is 0.401. The molecule has 0 bridgehead atoms. The number of hydrogen-bond donors (Lipinski definition) is 0. The molecule has 3 aromatic rings. The molecular weight excluding hydrogens is 327 g/mol. The van der Waals surface area contributed by atoms with Crippen LogP contribution in [0.2, 0.25) is 10.2 Å². The van der Waals surface area contributed by atoms with Crippen molar-refractivity contribution in [2.24, 2.45) is 7.05 Å². The van der Waals surface area contributed by atoms with Crippen molar-refractivity contribution in [3.8, 4) is 11.4 Å². The Morgan fingerprint density at radius 3 is 2.77 bits per heavy atom. The highest BCUT2D eigenvalue weighted by Gasteiger charge is 2.20. The first-order valence-corrected chi connectivity index (χ1v) is 7.17. The van der Waals surface area contributed by atoms with E-state index in [1.807, 2.05) is 25.1 Å². The number of tetrazole rings is 1. The first-order chi connectivity index (χ1) is 10.6. The smallest absolute Gasteiger partial charge is 0.227 e. The standard InChI is InChI=1S/C13H12Cl2N6O/c1-8-11(12(15)20(2)17-8)13-16-18-19-21(13)22-7-9-4-3-5-10(14)6-9/h3-6H,7H2,1-2H3. The fourth-order valence-electron chi connectivity index (χ4n) is 2.06. The molecule has 7 nitrogen and oxygen atoms in total. The molecule has 0 amide bonds. The predicted molar refractivity (Wildman–Crippen MR) is 81.5 cm³/mol. The molecule has 0 radical (unpaired) electrons. The second-order valence-corrected chi connectivity index (χ2v) is 5.45. The summed E-state index contributed by atoms with van der Waals surface area (Å²) in [6.07, 6.45) is 0. The van der Waals surface area contributed by atoms with Gasteiger partial charge in [-0.15, -0.1) is 5.10 Å². The maximum absolute atomic E-state index is 6.23. The van der Waals surface area contributed by atoms with Gasteiger partial charge in [0, 0.05) is 12.1 Å². The molecule has 0 spiro atoms. The number of benzene rings is 1. The molecular formula is C13H12Cl2N6O. The van der Waals surface area contributed by atoms with E-state index < -0.39 is 0 Å². The van der Waals surface area contributed by atoms with Crippen LogP contribution in [0.1, 0.15) is 11.3 Å². The van der Waals surface area contributed by atoms with E-state index in [0.717, 1.165) is 11.3 Å². The van der Waals surface area contributed by atoms with Crippen LogP contribution < -0.4 is 4.84 Å². The molecule has 1 aromatic carbocycles. The Morgan fingerprint density at radius 2 is 2.09 bits per heavy atom. The number of nitrogens with zero attached hydrogens (tertiary/aromatic N) is 6. The van der Waals surface area contributed by atoms with Crippen LogP contribution in [0.15, 0.2) is 24.3 Å². The second kappa shape index (κ2) is 5.94. The quantitative estimate of drug-likeness (QED) is 0.730. The van der Waals surface area contributed by atoms with Gasteiger partial charge in [-0.25, -0.2) is 0 Å². The van der Waals surface area contributed by atoms with Gasteiger partial charge in [-0.3, -0.25) is 4.68 Å². The largest absolute Gasteiger partial charge is 0.389 e. The Bertz CT molecular complexity index is 813. The van der Waals surface area contributed by atoms with Crippen LogP contribution in [-0.2, 0) is 13.7 Å². The average molecular weight is 339 g/mol. The fourth-order valence-corrected chi connectivity index (χ4v) is 2.53. The highest BCUT2D eigenvalue weighted by atomic mass is 35.5. The van der Waals surface area contributed by atoms with Crippen LogP contribution in [0.3, 0.4) is 0 Å². The monoisotopic (exact) mass is 338 g/mol. The van der Waals surface area contributed by atoms with Crippen molar-refractivity contribution in [2.45, 2.75) is 13.5 Å². The van der Waals surface area contributed by atoms with Gasteiger partial charge in [0.25, 0.3) is 0 Å². The lowest BCUT2D eigenvalue weighted by Crippen LogP contribution is -2.14. The molecule has 2 aromatic heterocycles. The summed E-state index contributed by atoms with van der Waals surface area (Å²) >= 11 is 12.2. The number of rotatable bonds is 4. The Labute approximate surface area is 136 Å². The molecule has 0 unspecified atom stereocenters. The zero-order valence-corrected chi connectivity index (χ0v) is 13.4. The maximum atomic E-state index is 6.23. The molecule has 114 valence electrons. The molecule has 2 heterocycles. The first-order valence-electron chi connectivity index (χ1n) is 6.42. The van der Waals surface area contributed by atoms with Crippen molar-refractivity contribution >= 4 is 23.2 Å². The lowest BCUT2D eigenvalue weighted by Gasteiger charge is -2.07. The third-order valence-electron chi connectivity index (χ3n) is 3.06. The molecule has 9 heteroatoms. The minimum Gasteiger partial charge on any atom is -0.389 e. The maximum Gasteiger partial charge on any atom is 0.227 e. The van der Waals surface area contributed by atoms with Gasteiger partial charge in [-0.1, -0.05) is 40.2 Å². The molecule has 0 saturated heterocycles. The summed E-state index contributed by atoms with van der Waals surface area (Å²) in [6.45, 7) is 2.10. The van der Waals surface area contributed by atoms with Crippen molar-refractivity contribution in [2.75, 3.05) is 0 Å². The third kappa shape index (κ3) is 2.77. The summed E-state index contributed by atoms with van der Waals surface area (Å²) in [7, 11) is 1.75. The van der Waals surface area contributed by atoms with Crippen LogP contribution in [0.4, 0.5) is 0 Å². The summed E-state index contributed by atoms with van der Waals surface area (Å²) in [6, 6.07) is 7.36. The number of aromatic nitrogens is 6. The summed E-state index contributed by atoms with van der Waals surface area (Å²) in [5, 5.41) is 16.8. The number of aryl methyl sites for hydroxylation is 2. The number of hydrogen-bond acceptors (Lipinski definition) is 5. The highest BCUT2D eigenvalue weighted by molar-refractivity contribution is 6.32. The second-order valence-electron chi connectivity index (χ2n) is 4.65. The van der Waals surface area contributed by atoms with Crippen molar-refractivity contribution < 1.29 is 4.84 Å². The Hall–Kier alpha value is -2.12. The topological polar surface area (TPSA) is 70.7 Å². The van der Waals surface area contributed by atoms with Crippen LogP contribution >= 0.6 is 23.2 Å². The van der Waals surface area contributed by atoms with Crippen LogP contribution in [0.5, 0.6) is 0 Å². The molecule has 3 rings (SSSR count). The molecule has 0 N–H and O–H groups in total. The van der Waals surface area contributed by atoms with E-state index in [1.165, 1.54) is 4.85 Å². The van der Waals surface area contributed by atoms with Crippen molar-refractivity contribution in [3.05, 3.63) is 45.7 Å². The van der Waals surface area contributed by atoms with E-state index in [-0.39, 0.29) is 6.61 Å². The Balaban J connectivity index is 1.86. The van der Waals surface area contributed by atoms with Gasteiger partial charge in [-0.05, 0) is 35.0 Å². The van der Waals surface area contributed by atoms with Crippen LogP contribution in [0.25, 0.3) is 11.4 Å². The van der Waals surface area contributed by atoms with Gasteiger partial charge in [0.15, 0.2) is 0 Å². The molecule has 0 saturated carbocycles. The lowest BCUT2D eigenvalue weighted by molar-refractivity contribution is 0.0694. The van der Waals surface area contributed by atoms with E-state index in [2.05, 4.69) is 20.6 Å². The normalized spacial score (nSPS) is 10.9. The fraction of sp³-hybridized carbons (Fsp3) is 0.231. The van der Waals surface area contributed by atoms with Gasteiger partial charge in [0.1, 0.15) is 11.8 Å². The minimum atomic E-state index is 0.273. The SMILES string of the molecule is Cc1nn(C)c(Cl)c1-c1nnnn1OCc1cccc(Cl)c1. The van der Waals surface area contributed by atoms with Crippen LogP contribution in [-0.4, -0.2) is 30.2 Å². The molecule has 0 aliphatic heterocycles. The Kier molecular flexibility index (Phi) is 4.00. The van der Waals surface area contributed by atoms with Gasteiger partial charge in [0.05, 0.1) is 11.3 Å². The first kappa shape index (κ1) is 14.8. The number of halogens is 2. The molecule has 0 aliphatic carbocycles. The average Bonchev–Trinajstić information content (AvgIpc) is 3.02. The predicted octanol–water partition coefficient (Wildman–Crippen LogP) is 2.32. The molecule has 22 heavy (non-hydrogen) atoms. The van der Waals surface area contributed by atoms with Gasteiger partial charge < -0.3 is 4.84 Å². The van der Waals surface area contributed by atoms with E-state index in [0.29, 0.717) is 21.6 Å². The zero-order valence-electron chi connectivity index (χ0n) is 11.9. The molecule has 0 aliphatic rings. The van der Waals surface area contributed by atoms with E-state index in [4.69, 9.17) is 28.0 Å². The van der Waals surface area contributed by atoms with Crippen molar-refractivity contribution in [1.82, 2.24) is 30.2 Å². The lowest BCUT2D eigenvalue weighted by atomic mass is 10.2. The summed E-state index contributed by atoms with van der Waals surface area (Å²) < 4.78 is 1.56. The van der Waals surface area contributed by atoms with E-state index in [1.54, 1.807) is 17.8 Å². The van der Waals surface area contributed by atoms with Gasteiger partial charge >= 0.3 is 0 Å². The highest BCUT2D eigenvalue weighted by Crippen LogP contribution is 2.28. The minimum absolute atomic E-state index is 0.273. The zero-order chi connectivity index (χ0) is 15.7.